The van der Waals surface area contributed by atoms with Crippen LogP contribution in [0.1, 0.15) is 12.0 Å². The molecule has 1 aromatic carbocycles. The Balaban J connectivity index is 2.60. The quantitative estimate of drug-likeness (QED) is 0.755. The molecule has 1 unspecified atom stereocenters. The smallest absolute Gasteiger partial charge is 0.306 e. The number of hydrogen-bond acceptors (Lipinski definition) is 4. The van der Waals surface area contributed by atoms with E-state index in [2.05, 4.69) is 4.72 Å². The molecule has 1 atom stereocenters. The number of halogens is 1. The van der Waals surface area contributed by atoms with E-state index in [1.807, 2.05) is 0 Å². The highest BCUT2D eigenvalue weighted by Crippen LogP contribution is 2.11. The van der Waals surface area contributed by atoms with Gasteiger partial charge in [0.1, 0.15) is 0 Å². The molecule has 0 saturated heterocycles. The summed E-state index contributed by atoms with van der Waals surface area (Å²) in [5, 5.41) is 10.2. The van der Waals surface area contributed by atoms with Gasteiger partial charge in [0.2, 0.25) is 10.0 Å². The molecule has 0 amide bonds. The van der Waals surface area contributed by atoms with Crippen molar-refractivity contribution in [3.63, 3.8) is 0 Å². The molecular weight excluding hydrogens is 318 g/mol. The van der Waals surface area contributed by atoms with Gasteiger partial charge in [-0.2, -0.15) is 0 Å². The number of carboxylic acid groups (broad SMARTS) is 1. The lowest BCUT2D eigenvalue weighted by molar-refractivity contribution is -0.139. The summed E-state index contributed by atoms with van der Waals surface area (Å²) in [6.45, 7) is -0.115. The summed E-state index contributed by atoms with van der Waals surface area (Å²) in [5.74, 6) is -1.06. The SMILES string of the molecule is COC(CNS(=O)(=O)/C=C/c1ccc(Cl)cc1)CC(=O)O. The summed E-state index contributed by atoms with van der Waals surface area (Å²) < 4.78 is 30.7. The molecule has 0 aliphatic heterocycles. The van der Waals surface area contributed by atoms with Crippen molar-refractivity contribution in [2.24, 2.45) is 0 Å². The van der Waals surface area contributed by atoms with Gasteiger partial charge in [0.15, 0.2) is 0 Å². The minimum atomic E-state index is -3.67. The van der Waals surface area contributed by atoms with Crippen LogP contribution in [0.5, 0.6) is 0 Å². The highest BCUT2D eigenvalue weighted by atomic mass is 35.5. The molecule has 0 heterocycles. The Morgan fingerprint density at radius 2 is 2.05 bits per heavy atom. The van der Waals surface area contributed by atoms with E-state index >= 15 is 0 Å². The monoisotopic (exact) mass is 333 g/mol. The Kier molecular flexibility index (Phi) is 6.83. The number of rotatable bonds is 8. The van der Waals surface area contributed by atoms with Crippen LogP contribution in [0, 0.1) is 0 Å². The van der Waals surface area contributed by atoms with Crippen LogP contribution in [-0.2, 0) is 19.6 Å². The van der Waals surface area contributed by atoms with Crippen molar-refractivity contribution in [2.45, 2.75) is 12.5 Å². The average molecular weight is 334 g/mol. The summed E-state index contributed by atoms with van der Waals surface area (Å²) in [4.78, 5) is 10.5. The molecule has 2 N–H and O–H groups in total. The van der Waals surface area contributed by atoms with Crippen molar-refractivity contribution < 1.29 is 23.1 Å². The molecule has 6 nitrogen and oxygen atoms in total. The second kappa shape index (κ2) is 8.14. The minimum Gasteiger partial charge on any atom is -0.481 e. The van der Waals surface area contributed by atoms with Gasteiger partial charge in [-0.3, -0.25) is 4.79 Å². The van der Waals surface area contributed by atoms with Crippen LogP contribution in [0.2, 0.25) is 5.02 Å². The number of benzene rings is 1. The maximum absolute atomic E-state index is 11.8. The van der Waals surface area contributed by atoms with E-state index in [1.165, 1.54) is 13.2 Å². The Hall–Kier alpha value is -1.41. The molecule has 116 valence electrons. The fourth-order valence-electron chi connectivity index (χ4n) is 1.43. The third-order valence-electron chi connectivity index (χ3n) is 2.56. The topological polar surface area (TPSA) is 92.7 Å². The molecule has 1 rings (SSSR count). The van der Waals surface area contributed by atoms with Crippen LogP contribution < -0.4 is 4.72 Å². The van der Waals surface area contributed by atoms with Crippen LogP contribution in [0.3, 0.4) is 0 Å². The van der Waals surface area contributed by atoms with Crippen molar-refractivity contribution >= 4 is 33.7 Å². The first-order chi connectivity index (χ1) is 9.82. The van der Waals surface area contributed by atoms with E-state index in [9.17, 15) is 13.2 Å². The first-order valence-corrected chi connectivity index (χ1v) is 7.93. The van der Waals surface area contributed by atoms with Gasteiger partial charge in [0.05, 0.1) is 12.5 Å². The molecule has 1 aromatic rings. The minimum absolute atomic E-state index is 0.115. The van der Waals surface area contributed by atoms with Crippen LogP contribution in [0.15, 0.2) is 29.7 Å². The zero-order chi connectivity index (χ0) is 15.9. The van der Waals surface area contributed by atoms with Gasteiger partial charge in [-0.1, -0.05) is 23.7 Å². The number of ether oxygens (including phenoxy) is 1. The second-order valence-corrected chi connectivity index (χ2v) is 6.29. The highest BCUT2D eigenvalue weighted by molar-refractivity contribution is 7.92. The first-order valence-electron chi connectivity index (χ1n) is 6.00. The van der Waals surface area contributed by atoms with Crippen LogP contribution in [-0.4, -0.2) is 39.3 Å². The number of sulfonamides is 1. The number of hydrogen-bond donors (Lipinski definition) is 2. The molecule has 0 radical (unpaired) electrons. The van der Waals surface area contributed by atoms with Crippen molar-refractivity contribution in [3.05, 3.63) is 40.3 Å². The summed E-state index contributed by atoms with van der Waals surface area (Å²) >= 11 is 5.73. The molecule has 0 aliphatic rings. The zero-order valence-corrected chi connectivity index (χ0v) is 12.9. The van der Waals surface area contributed by atoms with Crippen LogP contribution >= 0.6 is 11.6 Å². The lowest BCUT2D eigenvalue weighted by atomic mass is 10.2. The maximum atomic E-state index is 11.8. The van der Waals surface area contributed by atoms with Gasteiger partial charge in [0.25, 0.3) is 0 Å². The van der Waals surface area contributed by atoms with Crippen molar-refractivity contribution in [1.29, 1.82) is 0 Å². The summed E-state index contributed by atoms with van der Waals surface area (Å²) in [7, 11) is -2.34. The third-order valence-corrected chi connectivity index (χ3v) is 3.87. The summed E-state index contributed by atoms with van der Waals surface area (Å²) in [5.41, 5.74) is 0.679. The van der Waals surface area contributed by atoms with Gasteiger partial charge < -0.3 is 9.84 Å². The predicted molar refractivity (Wildman–Crippen MR) is 80.5 cm³/mol. The lowest BCUT2D eigenvalue weighted by Crippen LogP contribution is -2.33. The lowest BCUT2D eigenvalue weighted by Gasteiger charge is -2.12. The molecule has 0 aromatic heterocycles. The molecule has 0 saturated carbocycles. The number of nitrogens with one attached hydrogen (secondary N) is 1. The molecule has 0 spiro atoms. The average Bonchev–Trinajstić information content (AvgIpc) is 2.42. The van der Waals surface area contributed by atoms with E-state index in [0.717, 1.165) is 5.41 Å². The molecule has 0 fully saturated rings. The van der Waals surface area contributed by atoms with Crippen LogP contribution in [0.25, 0.3) is 6.08 Å². The van der Waals surface area contributed by atoms with Gasteiger partial charge >= 0.3 is 5.97 Å². The summed E-state index contributed by atoms with van der Waals surface area (Å²) in [6, 6.07) is 6.65. The fourth-order valence-corrected chi connectivity index (χ4v) is 2.41. The number of carbonyl (C=O) groups is 1. The van der Waals surface area contributed by atoms with Crippen molar-refractivity contribution in [2.75, 3.05) is 13.7 Å². The van der Waals surface area contributed by atoms with Gasteiger partial charge in [0, 0.05) is 24.1 Å². The Labute approximate surface area is 128 Å². The summed E-state index contributed by atoms with van der Waals surface area (Å²) in [6.07, 6.45) is 0.415. The zero-order valence-electron chi connectivity index (χ0n) is 11.3. The largest absolute Gasteiger partial charge is 0.481 e. The number of aliphatic carboxylic acids is 1. The molecule has 0 aliphatic carbocycles. The highest BCUT2D eigenvalue weighted by Gasteiger charge is 2.15. The molecule has 21 heavy (non-hydrogen) atoms. The number of methoxy groups -OCH3 is 1. The number of carboxylic acids is 1. The van der Waals surface area contributed by atoms with E-state index < -0.39 is 22.1 Å². The Morgan fingerprint density at radius 1 is 1.43 bits per heavy atom. The van der Waals surface area contributed by atoms with E-state index in [-0.39, 0.29) is 13.0 Å². The van der Waals surface area contributed by atoms with Gasteiger partial charge in [-0.05, 0) is 23.8 Å². The van der Waals surface area contributed by atoms with E-state index in [0.29, 0.717) is 10.6 Å². The second-order valence-electron chi connectivity index (χ2n) is 4.20. The van der Waals surface area contributed by atoms with Crippen LogP contribution in [0.4, 0.5) is 0 Å². The molecular formula is C13H16ClNO5S. The first kappa shape index (κ1) is 17.6. The van der Waals surface area contributed by atoms with Gasteiger partial charge in [-0.15, -0.1) is 0 Å². The molecule has 0 bridgehead atoms. The van der Waals surface area contributed by atoms with Gasteiger partial charge in [-0.25, -0.2) is 13.1 Å². The Bertz CT molecular complexity index is 597. The van der Waals surface area contributed by atoms with Crippen molar-refractivity contribution in [3.8, 4) is 0 Å². The van der Waals surface area contributed by atoms with E-state index in [4.69, 9.17) is 21.4 Å². The fraction of sp³-hybridized carbons (Fsp3) is 0.308. The standard InChI is InChI=1S/C13H16ClNO5S/c1-20-12(8-13(16)17)9-15-21(18,19)7-6-10-2-4-11(14)5-3-10/h2-7,12,15H,8-9H2,1H3,(H,16,17)/b7-6+. The van der Waals surface area contributed by atoms with Crippen molar-refractivity contribution in [1.82, 2.24) is 4.72 Å². The third kappa shape index (κ3) is 7.24. The predicted octanol–water partition coefficient (Wildman–Crippen LogP) is 1.72. The van der Waals surface area contributed by atoms with E-state index in [1.54, 1.807) is 24.3 Å². The Morgan fingerprint density at radius 3 is 2.57 bits per heavy atom. The maximum Gasteiger partial charge on any atom is 0.306 e. The molecule has 8 heteroatoms. The normalized spacial score (nSPS) is 13.4.